The third-order valence-corrected chi connectivity index (χ3v) is 4.21. The summed E-state index contributed by atoms with van der Waals surface area (Å²) in [4.78, 5) is 19.3. The fourth-order valence-corrected chi connectivity index (χ4v) is 3.04. The Morgan fingerprint density at radius 2 is 1.76 bits per heavy atom. The molecular weight excluding hydrogens is 310 g/mol. The summed E-state index contributed by atoms with van der Waals surface area (Å²) >= 11 is 0. The van der Waals surface area contributed by atoms with Gasteiger partial charge < -0.3 is 10.7 Å². The Bertz CT molecular complexity index is 1050. The monoisotopic (exact) mass is 327 g/mol. The Balaban J connectivity index is 1.80. The zero-order valence-electron chi connectivity index (χ0n) is 13.6. The molecule has 2 aromatic carbocycles. The van der Waals surface area contributed by atoms with E-state index in [0.29, 0.717) is 0 Å². The first kappa shape index (κ1) is 15.1. The Hall–Kier alpha value is -3.40. The number of nitrogens with zero attached hydrogens (tertiary/aromatic N) is 1. The molecule has 4 rings (SSSR count). The summed E-state index contributed by atoms with van der Waals surface area (Å²) < 4.78 is 0. The number of fused-ring (bicyclic) bond motifs is 1. The molecule has 0 saturated carbocycles. The van der Waals surface area contributed by atoms with Crippen molar-refractivity contribution in [3.05, 3.63) is 78.5 Å². The fourth-order valence-electron chi connectivity index (χ4n) is 3.04. The molecule has 25 heavy (non-hydrogen) atoms. The molecule has 0 aliphatic heterocycles. The van der Waals surface area contributed by atoms with E-state index in [1.807, 2.05) is 60.8 Å². The zero-order chi connectivity index (χ0) is 17.2. The second-order valence-corrected chi connectivity index (χ2v) is 6.00. The largest absolute Gasteiger partial charge is 0.369 e. The van der Waals surface area contributed by atoms with E-state index in [2.05, 4.69) is 17.1 Å². The van der Waals surface area contributed by atoms with Gasteiger partial charge in [0.25, 0.3) is 0 Å². The SMILES string of the molecule is NC(=O)Cc1cccc(-c2ccc3[nH]cc(-c4ccccc4)c3n2)c1. The van der Waals surface area contributed by atoms with Crippen LogP contribution in [0.25, 0.3) is 33.4 Å². The maximum absolute atomic E-state index is 11.2. The number of pyridine rings is 1. The lowest BCUT2D eigenvalue weighted by atomic mass is 10.0. The predicted octanol–water partition coefficient (Wildman–Crippen LogP) is 3.92. The van der Waals surface area contributed by atoms with Gasteiger partial charge in [0.15, 0.2) is 0 Å². The van der Waals surface area contributed by atoms with Gasteiger partial charge in [-0.2, -0.15) is 0 Å². The number of carbonyl (C=O) groups excluding carboxylic acids is 1. The summed E-state index contributed by atoms with van der Waals surface area (Å²) in [6, 6.07) is 22.0. The lowest BCUT2D eigenvalue weighted by molar-refractivity contribution is -0.117. The van der Waals surface area contributed by atoms with Gasteiger partial charge >= 0.3 is 0 Å². The van der Waals surface area contributed by atoms with E-state index in [1.165, 1.54) is 0 Å². The minimum Gasteiger partial charge on any atom is -0.369 e. The molecule has 4 nitrogen and oxygen atoms in total. The fraction of sp³-hybridized carbons (Fsp3) is 0.0476. The lowest BCUT2D eigenvalue weighted by Gasteiger charge is -2.05. The van der Waals surface area contributed by atoms with Gasteiger partial charge in [0, 0.05) is 17.3 Å². The van der Waals surface area contributed by atoms with E-state index in [1.54, 1.807) is 0 Å². The van der Waals surface area contributed by atoms with Gasteiger partial charge in [-0.05, 0) is 29.3 Å². The van der Waals surface area contributed by atoms with Crippen LogP contribution >= 0.6 is 0 Å². The second kappa shape index (κ2) is 6.24. The molecule has 1 amide bonds. The lowest BCUT2D eigenvalue weighted by Crippen LogP contribution is -2.13. The predicted molar refractivity (Wildman–Crippen MR) is 99.9 cm³/mol. The van der Waals surface area contributed by atoms with Gasteiger partial charge in [-0.25, -0.2) is 4.98 Å². The Morgan fingerprint density at radius 1 is 0.960 bits per heavy atom. The first-order chi connectivity index (χ1) is 12.2. The van der Waals surface area contributed by atoms with Gasteiger partial charge in [-0.15, -0.1) is 0 Å². The van der Waals surface area contributed by atoms with E-state index >= 15 is 0 Å². The molecule has 0 spiro atoms. The van der Waals surface area contributed by atoms with Crippen LogP contribution in [0.2, 0.25) is 0 Å². The van der Waals surface area contributed by atoms with Crippen molar-refractivity contribution in [2.75, 3.05) is 0 Å². The van der Waals surface area contributed by atoms with Crippen molar-refractivity contribution in [1.82, 2.24) is 9.97 Å². The molecule has 0 bridgehead atoms. The number of hydrogen-bond donors (Lipinski definition) is 2. The summed E-state index contributed by atoms with van der Waals surface area (Å²) in [5.41, 5.74) is 12.2. The van der Waals surface area contributed by atoms with Crippen molar-refractivity contribution in [2.24, 2.45) is 5.73 Å². The third kappa shape index (κ3) is 3.02. The number of aromatic amines is 1. The quantitative estimate of drug-likeness (QED) is 0.596. The van der Waals surface area contributed by atoms with Crippen LogP contribution in [0.4, 0.5) is 0 Å². The molecule has 0 radical (unpaired) electrons. The Kier molecular flexibility index (Phi) is 3.78. The van der Waals surface area contributed by atoms with Crippen LogP contribution < -0.4 is 5.73 Å². The molecule has 0 atom stereocenters. The maximum Gasteiger partial charge on any atom is 0.221 e. The van der Waals surface area contributed by atoms with Crippen molar-refractivity contribution in [1.29, 1.82) is 0 Å². The highest BCUT2D eigenvalue weighted by molar-refractivity contribution is 5.93. The number of amides is 1. The normalized spacial score (nSPS) is 10.9. The van der Waals surface area contributed by atoms with E-state index in [0.717, 1.165) is 39.0 Å². The molecule has 2 aromatic heterocycles. The molecule has 2 heterocycles. The average molecular weight is 327 g/mol. The van der Waals surface area contributed by atoms with Crippen LogP contribution in [0, 0.1) is 0 Å². The standard InChI is InChI=1S/C21H17N3O/c22-20(25)12-14-5-4-8-16(11-14)18-9-10-19-21(24-18)17(13-23-19)15-6-2-1-3-7-15/h1-11,13,23H,12H2,(H2,22,25). The van der Waals surface area contributed by atoms with Crippen molar-refractivity contribution >= 4 is 16.9 Å². The number of nitrogens with one attached hydrogen (secondary N) is 1. The number of aromatic nitrogens is 2. The highest BCUT2D eigenvalue weighted by Crippen LogP contribution is 2.29. The number of rotatable bonds is 4. The summed E-state index contributed by atoms with van der Waals surface area (Å²) in [5.74, 6) is -0.336. The van der Waals surface area contributed by atoms with Gasteiger partial charge in [0.2, 0.25) is 5.91 Å². The molecule has 0 aliphatic carbocycles. The maximum atomic E-state index is 11.2. The number of primary amides is 1. The minimum absolute atomic E-state index is 0.232. The molecule has 0 aliphatic rings. The first-order valence-electron chi connectivity index (χ1n) is 8.12. The molecule has 0 saturated heterocycles. The number of benzene rings is 2. The van der Waals surface area contributed by atoms with Crippen LogP contribution in [0.5, 0.6) is 0 Å². The number of hydrogen-bond acceptors (Lipinski definition) is 2. The van der Waals surface area contributed by atoms with Gasteiger partial charge in [-0.1, -0.05) is 48.5 Å². The van der Waals surface area contributed by atoms with Crippen LogP contribution in [-0.4, -0.2) is 15.9 Å². The van der Waals surface area contributed by atoms with Crippen LogP contribution in [0.1, 0.15) is 5.56 Å². The molecule has 0 unspecified atom stereocenters. The van der Waals surface area contributed by atoms with Crippen molar-refractivity contribution in [2.45, 2.75) is 6.42 Å². The molecule has 122 valence electrons. The Labute approximate surface area is 145 Å². The van der Waals surface area contributed by atoms with E-state index < -0.39 is 0 Å². The first-order valence-corrected chi connectivity index (χ1v) is 8.12. The van der Waals surface area contributed by atoms with Gasteiger partial charge in [-0.3, -0.25) is 4.79 Å². The average Bonchev–Trinajstić information content (AvgIpc) is 3.05. The number of nitrogens with two attached hydrogens (primary N) is 1. The van der Waals surface area contributed by atoms with Crippen molar-refractivity contribution in [3.8, 4) is 22.4 Å². The minimum atomic E-state index is -0.336. The van der Waals surface area contributed by atoms with Crippen molar-refractivity contribution < 1.29 is 4.79 Å². The molecule has 4 aromatic rings. The zero-order valence-corrected chi connectivity index (χ0v) is 13.6. The highest BCUT2D eigenvalue weighted by Gasteiger charge is 2.10. The topological polar surface area (TPSA) is 71.8 Å². The summed E-state index contributed by atoms with van der Waals surface area (Å²) in [7, 11) is 0. The smallest absolute Gasteiger partial charge is 0.221 e. The van der Waals surface area contributed by atoms with Gasteiger partial charge in [0.1, 0.15) is 0 Å². The van der Waals surface area contributed by atoms with Crippen molar-refractivity contribution in [3.63, 3.8) is 0 Å². The molecule has 0 fully saturated rings. The summed E-state index contributed by atoms with van der Waals surface area (Å²) in [6.45, 7) is 0. The molecular formula is C21H17N3O. The molecule has 3 N–H and O–H groups in total. The second-order valence-electron chi connectivity index (χ2n) is 6.00. The van der Waals surface area contributed by atoms with Crippen LogP contribution in [0.15, 0.2) is 72.9 Å². The number of H-pyrrole nitrogens is 1. The van der Waals surface area contributed by atoms with Crippen LogP contribution in [-0.2, 0) is 11.2 Å². The van der Waals surface area contributed by atoms with E-state index in [-0.39, 0.29) is 12.3 Å². The summed E-state index contributed by atoms with van der Waals surface area (Å²) in [6.07, 6.45) is 2.22. The van der Waals surface area contributed by atoms with Crippen LogP contribution in [0.3, 0.4) is 0 Å². The Morgan fingerprint density at radius 3 is 2.56 bits per heavy atom. The van der Waals surface area contributed by atoms with E-state index in [4.69, 9.17) is 10.7 Å². The third-order valence-electron chi connectivity index (χ3n) is 4.21. The molecule has 4 heteroatoms. The van der Waals surface area contributed by atoms with E-state index in [9.17, 15) is 4.79 Å². The summed E-state index contributed by atoms with van der Waals surface area (Å²) in [5, 5.41) is 0. The number of carbonyl (C=O) groups is 1. The highest BCUT2D eigenvalue weighted by atomic mass is 16.1. The van der Waals surface area contributed by atoms with Gasteiger partial charge in [0.05, 0.1) is 23.1 Å².